The second kappa shape index (κ2) is 16.1. The average Bonchev–Trinajstić information content (AvgIpc) is 2.82. The SMILES string of the molecule is C1CCNCC1.O=S1CCC(CNC2=C/C(c3cc([N-]O)ncc3Cl)=C\CC/C=C\2)CC1.[Na+]. The van der Waals surface area contributed by atoms with Crippen molar-refractivity contribution in [3.8, 4) is 0 Å². The van der Waals surface area contributed by atoms with Crippen molar-refractivity contribution in [1.82, 2.24) is 15.6 Å². The molecule has 2 fully saturated rings. The molecule has 0 radical (unpaired) electrons. The monoisotopic (exact) mass is 500 g/mol. The van der Waals surface area contributed by atoms with Crippen LogP contribution in [0.2, 0.25) is 5.02 Å². The Hall–Kier alpha value is -0.670. The number of hydrogen-bond donors (Lipinski definition) is 3. The zero-order valence-electron chi connectivity index (χ0n) is 19.6. The predicted octanol–water partition coefficient (Wildman–Crippen LogP) is 2.26. The van der Waals surface area contributed by atoms with Gasteiger partial charge in [0, 0.05) is 39.6 Å². The number of nitrogens with zero attached hydrogens (tertiary/aromatic N) is 2. The number of pyridine rings is 1. The van der Waals surface area contributed by atoms with Gasteiger partial charge in [0.2, 0.25) is 0 Å². The van der Waals surface area contributed by atoms with E-state index in [0.29, 0.717) is 10.9 Å². The van der Waals surface area contributed by atoms with Crippen LogP contribution >= 0.6 is 11.6 Å². The molecule has 9 heteroatoms. The molecule has 1 aromatic rings. The first kappa shape index (κ1) is 28.6. The van der Waals surface area contributed by atoms with E-state index in [9.17, 15) is 4.21 Å². The van der Waals surface area contributed by atoms with Gasteiger partial charge in [0.05, 0.1) is 0 Å². The number of allylic oxidation sites excluding steroid dienone is 5. The molecule has 0 spiro atoms. The molecule has 0 saturated carbocycles. The van der Waals surface area contributed by atoms with E-state index in [-0.39, 0.29) is 35.4 Å². The summed E-state index contributed by atoms with van der Waals surface area (Å²) in [6.07, 6.45) is 18.1. The Bertz CT molecular complexity index is 837. The van der Waals surface area contributed by atoms with Gasteiger partial charge in [-0.15, -0.1) is 0 Å². The zero-order valence-corrected chi connectivity index (χ0v) is 23.1. The Labute approximate surface area is 227 Å². The van der Waals surface area contributed by atoms with Gasteiger partial charge in [-0.25, -0.2) is 0 Å². The molecule has 6 nitrogen and oxygen atoms in total. The maximum atomic E-state index is 11.5. The number of rotatable bonds is 5. The van der Waals surface area contributed by atoms with Crippen LogP contribution in [-0.2, 0) is 10.8 Å². The van der Waals surface area contributed by atoms with Gasteiger partial charge in [0.15, 0.2) is 0 Å². The minimum atomic E-state index is -0.626. The molecule has 3 aliphatic rings. The molecule has 2 aliphatic heterocycles. The van der Waals surface area contributed by atoms with Gasteiger partial charge in [0.25, 0.3) is 0 Å². The largest absolute Gasteiger partial charge is 1.00 e. The molecule has 33 heavy (non-hydrogen) atoms. The van der Waals surface area contributed by atoms with Crippen molar-refractivity contribution >= 4 is 33.8 Å². The molecule has 176 valence electrons. The van der Waals surface area contributed by atoms with Crippen LogP contribution < -0.4 is 40.2 Å². The quantitative estimate of drug-likeness (QED) is 0.426. The van der Waals surface area contributed by atoms with E-state index in [4.69, 9.17) is 16.8 Å². The van der Waals surface area contributed by atoms with E-state index in [1.54, 1.807) is 6.07 Å². The van der Waals surface area contributed by atoms with Crippen LogP contribution in [0, 0.1) is 5.92 Å². The summed E-state index contributed by atoms with van der Waals surface area (Å²) < 4.78 is 11.5. The van der Waals surface area contributed by atoms with E-state index in [1.807, 2.05) is 0 Å². The summed E-state index contributed by atoms with van der Waals surface area (Å²) in [6, 6.07) is 1.68. The standard InChI is InChI=1S/C19H23ClN3O2S.C5H11N.Na/c20-18-13-22-19(23-24)11-17(18)15-4-2-1-3-5-16(10-15)21-12-14-6-8-26(25)9-7-14;1-2-4-6-5-3-1;/h3-5,10-11,13-14,21H,1-2,6-9,12H2,(H-,22,23,24);6H,1-5H2;/q-1;;+1/b5-3-,15-4+,16-10+;;. The summed E-state index contributed by atoms with van der Waals surface area (Å²) in [7, 11) is -0.626. The number of halogens is 1. The minimum absolute atomic E-state index is 0. The molecular formula is C24H34ClN4NaO2S. The predicted molar refractivity (Wildman–Crippen MR) is 134 cm³/mol. The molecule has 0 unspecified atom stereocenters. The van der Waals surface area contributed by atoms with Crippen LogP contribution in [-0.4, -0.2) is 45.5 Å². The molecule has 0 aromatic carbocycles. The van der Waals surface area contributed by atoms with Crippen LogP contribution in [0.4, 0.5) is 5.82 Å². The molecular weight excluding hydrogens is 467 g/mol. The van der Waals surface area contributed by atoms with Gasteiger partial charge < -0.3 is 26.3 Å². The molecule has 1 aliphatic carbocycles. The molecule has 3 N–H and O–H groups in total. The van der Waals surface area contributed by atoms with Gasteiger partial charge in [-0.05, 0) is 86.6 Å². The van der Waals surface area contributed by atoms with E-state index in [1.165, 1.54) is 38.5 Å². The second-order valence-corrected chi connectivity index (χ2v) is 10.4. The van der Waals surface area contributed by atoms with Crippen molar-refractivity contribution in [1.29, 1.82) is 0 Å². The second-order valence-electron chi connectivity index (χ2n) is 8.34. The van der Waals surface area contributed by atoms with Crippen molar-refractivity contribution in [2.24, 2.45) is 5.92 Å². The third kappa shape index (κ3) is 10.2. The Kier molecular flexibility index (Phi) is 13.9. The van der Waals surface area contributed by atoms with Crippen molar-refractivity contribution in [3.63, 3.8) is 0 Å². The van der Waals surface area contributed by atoms with Crippen LogP contribution in [0.1, 0.15) is 50.5 Å². The van der Waals surface area contributed by atoms with Crippen LogP contribution in [0.3, 0.4) is 0 Å². The first-order chi connectivity index (χ1) is 15.7. The van der Waals surface area contributed by atoms with Crippen LogP contribution in [0.5, 0.6) is 0 Å². The van der Waals surface area contributed by atoms with E-state index in [2.05, 4.69) is 45.4 Å². The fourth-order valence-corrected chi connectivity index (χ4v) is 5.54. The summed E-state index contributed by atoms with van der Waals surface area (Å²) in [6.45, 7) is 3.38. The molecule has 4 rings (SSSR count). The topological polar surface area (TPSA) is 88.4 Å². The number of aromatic nitrogens is 1. The number of piperidine rings is 1. The first-order valence-electron chi connectivity index (χ1n) is 11.5. The first-order valence-corrected chi connectivity index (χ1v) is 13.4. The van der Waals surface area contributed by atoms with Crippen molar-refractivity contribution in [2.75, 3.05) is 31.1 Å². The number of nitrogens with one attached hydrogen (secondary N) is 2. The summed E-state index contributed by atoms with van der Waals surface area (Å²) in [4.78, 5) is 3.97. The van der Waals surface area contributed by atoms with Gasteiger partial charge in [-0.3, -0.25) is 4.21 Å². The summed E-state index contributed by atoms with van der Waals surface area (Å²) in [5, 5.41) is 16.3. The minimum Gasteiger partial charge on any atom is -0.440 e. The van der Waals surface area contributed by atoms with Gasteiger partial charge in [-0.2, -0.15) is 0 Å². The molecule has 1 aromatic heterocycles. The smallest absolute Gasteiger partial charge is 0.440 e. The van der Waals surface area contributed by atoms with Gasteiger partial charge >= 0.3 is 29.6 Å². The molecule has 0 bridgehead atoms. The maximum absolute atomic E-state index is 11.5. The Morgan fingerprint density at radius 3 is 2.61 bits per heavy atom. The van der Waals surface area contributed by atoms with Crippen LogP contribution in [0.25, 0.3) is 11.1 Å². The maximum Gasteiger partial charge on any atom is 1.00 e. The van der Waals surface area contributed by atoms with E-state index in [0.717, 1.165) is 60.6 Å². The molecule has 0 atom stereocenters. The third-order valence-electron chi connectivity index (χ3n) is 5.87. The van der Waals surface area contributed by atoms with Crippen molar-refractivity contribution in [3.05, 3.63) is 58.3 Å². The molecule has 2 saturated heterocycles. The Morgan fingerprint density at radius 2 is 1.97 bits per heavy atom. The fourth-order valence-electron chi connectivity index (χ4n) is 3.93. The zero-order chi connectivity index (χ0) is 22.6. The fraction of sp³-hybridized carbons (Fsp3) is 0.542. The van der Waals surface area contributed by atoms with Crippen molar-refractivity contribution < 1.29 is 39.0 Å². The van der Waals surface area contributed by atoms with E-state index >= 15 is 0 Å². The van der Waals surface area contributed by atoms with Crippen LogP contribution in [0.15, 0.2) is 42.3 Å². The normalized spacial score (nSPS) is 27.0. The summed E-state index contributed by atoms with van der Waals surface area (Å²) in [5.74, 6) is 2.42. The van der Waals surface area contributed by atoms with Gasteiger partial charge in [-0.1, -0.05) is 42.4 Å². The molecule has 0 amide bonds. The number of hydrogen-bond acceptors (Lipinski definition) is 5. The van der Waals surface area contributed by atoms with Gasteiger partial charge in [0.1, 0.15) is 0 Å². The summed E-state index contributed by atoms with van der Waals surface area (Å²) in [5.41, 5.74) is 5.97. The average molecular weight is 501 g/mol. The Balaban J connectivity index is 0.000000479. The molecule has 3 heterocycles. The Morgan fingerprint density at radius 1 is 1.21 bits per heavy atom. The van der Waals surface area contributed by atoms with Crippen molar-refractivity contribution in [2.45, 2.75) is 44.9 Å². The van der Waals surface area contributed by atoms with E-state index < -0.39 is 10.8 Å². The third-order valence-corrected chi connectivity index (χ3v) is 7.55. The summed E-state index contributed by atoms with van der Waals surface area (Å²) >= 11 is 6.32.